The minimum atomic E-state index is -1.57. The first-order chi connectivity index (χ1) is 27.1. The molecule has 311 valence electrons. The number of piperidine rings is 1. The zero-order valence-electron chi connectivity index (χ0n) is 35.3. The molecular weight excluding hydrogens is 727 g/mol. The molecule has 57 heavy (non-hydrogen) atoms. The molecule has 0 saturated carbocycles. The minimum absolute atomic E-state index is 0.114. The predicted molar refractivity (Wildman–Crippen MR) is 216 cm³/mol. The highest BCUT2D eigenvalue weighted by atomic mass is 16.7. The lowest BCUT2D eigenvalue weighted by molar-refractivity contribution is -0.315. The van der Waals surface area contributed by atoms with E-state index in [4.69, 9.17) is 19.0 Å². The van der Waals surface area contributed by atoms with E-state index in [1.165, 1.54) is 7.11 Å². The third-order valence-electron chi connectivity index (χ3n) is 11.9. The molecule has 3 rings (SSSR count). The van der Waals surface area contributed by atoms with Crippen LogP contribution in [0.15, 0.2) is 54.9 Å². The summed E-state index contributed by atoms with van der Waals surface area (Å²) in [5.41, 5.74) is 0.432. The van der Waals surface area contributed by atoms with Crippen molar-refractivity contribution in [2.75, 3.05) is 20.8 Å². The maximum Gasteiger partial charge on any atom is 0.316 e. The van der Waals surface area contributed by atoms with Gasteiger partial charge in [-0.1, -0.05) is 71.4 Å². The molecule has 1 aromatic heterocycles. The summed E-state index contributed by atoms with van der Waals surface area (Å²) in [6, 6.07) is 13.0. The van der Waals surface area contributed by atoms with Crippen LogP contribution in [0.25, 0.3) is 0 Å². The molecule has 8 unspecified atom stereocenters. The second kappa shape index (κ2) is 22.1. The Kier molecular flexibility index (Phi) is 18.3. The highest BCUT2D eigenvalue weighted by Crippen LogP contribution is 2.46. The lowest BCUT2D eigenvalue weighted by Gasteiger charge is -2.56. The van der Waals surface area contributed by atoms with E-state index < -0.39 is 77.2 Å². The number of nitrogens with zero attached hydrogens (tertiary/aromatic N) is 2. The lowest BCUT2D eigenvalue weighted by Crippen LogP contribution is -2.66. The zero-order valence-corrected chi connectivity index (χ0v) is 35.3. The minimum Gasteiger partial charge on any atom is -0.469 e. The third-order valence-corrected chi connectivity index (χ3v) is 11.9. The third kappa shape index (κ3) is 12.1. The number of aromatic nitrogens is 1. The number of pyridine rings is 1. The molecule has 1 saturated heterocycles. The van der Waals surface area contributed by atoms with Crippen LogP contribution >= 0.6 is 0 Å². The Morgan fingerprint density at radius 2 is 1.49 bits per heavy atom. The van der Waals surface area contributed by atoms with Crippen molar-refractivity contribution in [3.63, 3.8) is 0 Å². The van der Waals surface area contributed by atoms with Gasteiger partial charge in [-0.05, 0) is 75.0 Å². The van der Waals surface area contributed by atoms with Gasteiger partial charge in [0.05, 0.1) is 38.0 Å². The SMILES string of the molecule is CCCCOC(=O)C(CC(C)c1ccccc1)C(=O)CC(C(=O)CC([B]CC(ON1C(C)(CC)CC(=O)C(C)C1(C)CC)c1ccncc1)C(=O)OC)C(=O)OC. The molecule has 0 spiro atoms. The summed E-state index contributed by atoms with van der Waals surface area (Å²) in [6.07, 6.45) is 4.79. The van der Waals surface area contributed by atoms with E-state index in [0.717, 1.165) is 24.7 Å². The van der Waals surface area contributed by atoms with Crippen molar-refractivity contribution >= 4 is 42.5 Å². The van der Waals surface area contributed by atoms with Crippen LogP contribution in [0.1, 0.15) is 123 Å². The summed E-state index contributed by atoms with van der Waals surface area (Å²) in [5.74, 6) is -7.97. The number of Topliss-reactive ketones (excluding diaryl/α,β-unsaturated/α-hetero) is 3. The van der Waals surface area contributed by atoms with Gasteiger partial charge in [0.15, 0.2) is 0 Å². The van der Waals surface area contributed by atoms with Crippen LogP contribution in [0.2, 0.25) is 12.1 Å². The Morgan fingerprint density at radius 1 is 0.860 bits per heavy atom. The molecule has 1 aliphatic rings. The molecule has 0 N–H and O–H groups in total. The summed E-state index contributed by atoms with van der Waals surface area (Å²) < 4.78 is 15.6. The second-order valence-corrected chi connectivity index (χ2v) is 15.7. The standard InChI is InChI=1S/C44H62BN2O10/c1-10-13-23-56-41(52)33(24-29(4)31-17-15-14-16-18-31)36(48)25-34(40(51)54-8)37(49)26-35(42(53)55-9)45-28-39(32-19-21-46-22-20-32)57-47-43(6,11-2)27-38(50)30(5)44(47,7)12-3/h14-22,29-30,33-35,39H,10-13,23-28H2,1-9H3. The number of rotatable bonds is 23. The predicted octanol–water partition coefficient (Wildman–Crippen LogP) is 7.25. The van der Waals surface area contributed by atoms with Gasteiger partial charge in [-0.2, -0.15) is 5.06 Å². The fourth-order valence-electron chi connectivity index (χ4n) is 7.57. The van der Waals surface area contributed by atoms with Gasteiger partial charge in [-0.3, -0.25) is 38.6 Å². The topological polar surface area (TPSA) is 155 Å². The van der Waals surface area contributed by atoms with E-state index in [2.05, 4.69) is 4.98 Å². The number of hydroxylamine groups is 2. The summed E-state index contributed by atoms with van der Waals surface area (Å²) in [4.78, 5) is 92.1. The van der Waals surface area contributed by atoms with Gasteiger partial charge in [0.25, 0.3) is 0 Å². The zero-order chi connectivity index (χ0) is 42.3. The fourth-order valence-corrected chi connectivity index (χ4v) is 7.57. The summed E-state index contributed by atoms with van der Waals surface area (Å²) in [7, 11) is 3.95. The largest absolute Gasteiger partial charge is 0.469 e. The van der Waals surface area contributed by atoms with Gasteiger partial charge in [0.1, 0.15) is 36.5 Å². The van der Waals surface area contributed by atoms with E-state index >= 15 is 0 Å². The van der Waals surface area contributed by atoms with Crippen molar-refractivity contribution in [1.82, 2.24) is 10.0 Å². The molecule has 1 aliphatic heterocycles. The van der Waals surface area contributed by atoms with Crippen LogP contribution in [-0.2, 0) is 47.8 Å². The first kappa shape index (κ1) is 47.2. The number of methoxy groups -OCH3 is 2. The number of esters is 3. The molecule has 8 atom stereocenters. The first-order valence-electron chi connectivity index (χ1n) is 20.3. The number of hydrogen-bond donors (Lipinski definition) is 0. The molecule has 2 heterocycles. The van der Waals surface area contributed by atoms with Crippen LogP contribution in [0.5, 0.6) is 0 Å². The van der Waals surface area contributed by atoms with Gasteiger partial charge >= 0.3 is 17.9 Å². The Morgan fingerprint density at radius 3 is 2.07 bits per heavy atom. The molecule has 13 heteroatoms. The number of unbranched alkanes of at least 4 members (excludes halogenated alkanes) is 1. The highest BCUT2D eigenvalue weighted by molar-refractivity contribution is 6.44. The van der Waals surface area contributed by atoms with Crippen molar-refractivity contribution < 1.29 is 47.8 Å². The molecular formula is C44H62BN2O10. The van der Waals surface area contributed by atoms with Crippen molar-refractivity contribution in [1.29, 1.82) is 0 Å². The van der Waals surface area contributed by atoms with Crippen LogP contribution < -0.4 is 0 Å². The molecule has 12 nitrogen and oxygen atoms in total. The Balaban J connectivity index is 1.89. The van der Waals surface area contributed by atoms with Crippen LogP contribution in [-0.4, -0.2) is 84.5 Å². The van der Waals surface area contributed by atoms with E-state index in [9.17, 15) is 28.8 Å². The number of carbonyl (C=O) groups excluding carboxylic acids is 6. The second-order valence-electron chi connectivity index (χ2n) is 15.7. The van der Waals surface area contributed by atoms with Crippen LogP contribution in [0.3, 0.4) is 0 Å². The monoisotopic (exact) mass is 789 g/mol. The maximum atomic E-state index is 14.0. The van der Waals surface area contributed by atoms with Crippen molar-refractivity contribution in [2.24, 2.45) is 17.8 Å². The van der Waals surface area contributed by atoms with Gasteiger partial charge in [-0.15, -0.1) is 0 Å². The quantitative estimate of drug-likeness (QED) is 0.0366. The number of carbonyl (C=O) groups is 6. The summed E-state index contributed by atoms with van der Waals surface area (Å²) in [5, 5.41) is 1.96. The molecule has 2 aromatic rings. The molecule has 0 amide bonds. The first-order valence-corrected chi connectivity index (χ1v) is 20.3. The highest BCUT2D eigenvalue weighted by Gasteiger charge is 2.54. The van der Waals surface area contributed by atoms with Crippen molar-refractivity contribution in [3.05, 3.63) is 66.0 Å². The van der Waals surface area contributed by atoms with E-state index in [0.29, 0.717) is 25.7 Å². The smallest absolute Gasteiger partial charge is 0.316 e. The number of hydrogen-bond acceptors (Lipinski definition) is 12. The Hall–Kier alpha value is -4.23. The van der Waals surface area contributed by atoms with Crippen LogP contribution in [0, 0.1) is 17.8 Å². The maximum absolute atomic E-state index is 14.0. The number of benzene rings is 1. The summed E-state index contributed by atoms with van der Waals surface area (Å²) >= 11 is 0. The number of ketones is 3. The van der Waals surface area contributed by atoms with Crippen molar-refractivity contribution in [2.45, 2.75) is 135 Å². The van der Waals surface area contributed by atoms with E-state index in [1.807, 2.05) is 96.0 Å². The normalized spacial score (nSPS) is 22.3. The Bertz CT molecular complexity index is 1660. The average Bonchev–Trinajstić information content (AvgIpc) is 3.22. The molecule has 1 aromatic carbocycles. The molecule has 1 radical (unpaired) electrons. The number of ether oxygens (including phenoxy) is 3. The Labute approximate surface area is 339 Å². The molecule has 0 bridgehead atoms. The van der Waals surface area contributed by atoms with E-state index in [-0.39, 0.29) is 37.0 Å². The molecule has 0 aliphatic carbocycles. The van der Waals surface area contributed by atoms with Crippen molar-refractivity contribution in [3.8, 4) is 0 Å². The molecule has 1 fully saturated rings. The lowest BCUT2D eigenvalue weighted by atomic mass is 9.58. The fraction of sp³-hybridized carbons (Fsp3) is 0.614. The van der Waals surface area contributed by atoms with Gasteiger partial charge < -0.3 is 14.2 Å². The average molecular weight is 790 g/mol. The van der Waals surface area contributed by atoms with Gasteiger partial charge in [0, 0.05) is 43.4 Å². The van der Waals surface area contributed by atoms with E-state index in [1.54, 1.807) is 19.7 Å². The van der Waals surface area contributed by atoms with Gasteiger partial charge in [0.2, 0.25) is 0 Å². The van der Waals surface area contributed by atoms with Crippen LogP contribution in [0.4, 0.5) is 0 Å². The summed E-state index contributed by atoms with van der Waals surface area (Å²) in [6.45, 7) is 14.0. The van der Waals surface area contributed by atoms with Gasteiger partial charge in [-0.25, -0.2) is 0 Å².